The van der Waals surface area contributed by atoms with Crippen LogP contribution in [0.1, 0.15) is 46.8 Å². The molecule has 0 saturated carbocycles. The minimum Gasteiger partial charge on any atom is -0.289 e. The topological polar surface area (TPSA) is 17.1 Å². The summed E-state index contributed by atoms with van der Waals surface area (Å²) in [5.41, 5.74) is 2.85. The van der Waals surface area contributed by atoms with Gasteiger partial charge in [0.25, 0.3) is 0 Å². The van der Waals surface area contributed by atoms with Gasteiger partial charge in [-0.15, -0.1) is 0 Å². The van der Waals surface area contributed by atoms with Gasteiger partial charge in [-0.25, -0.2) is 4.39 Å². The maximum absolute atomic E-state index is 13.2. The number of carbonyl (C=O) groups excluding carboxylic acids is 1. The molecular formula is C17H17FO. The summed E-state index contributed by atoms with van der Waals surface area (Å²) in [5, 5.41) is 0. The van der Waals surface area contributed by atoms with Crippen LogP contribution in [0.3, 0.4) is 0 Å². The van der Waals surface area contributed by atoms with E-state index in [0.29, 0.717) is 22.6 Å². The first-order chi connectivity index (χ1) is 8.99. The van der Waals surface area contributed by atoms with Gasteiger partial charge in [0.15, 0.2) is 5.78 Å². The zero-order valence-electron chi connectivity index (χ0n) is 11.4. The van der Waals surface area contributed by atoms with E-state index in [0.717, 1.165) is 0 Å². The van der Waals surface area contributed by atoms with Gasteiger partial charge in [-0.2, -0.15) is 0 Å². The largest absolute Gasteiger partial charge is 0.289 e. The van der Waals surface area contributed by atoms with Crippen LogP contribution in [0.2, 0.25) is 0 Å². The van der Waals surface area contributed by atoms with Crippen LogP contribution in [0, 0.1) is 12.7 Å². The van der Waals surface area contributed by atoms with Gasteiger partial charge in [0.2, 0.25) is 0 Å². The molecule has 2 aromatic carbocycles. The standard InChI is InChI=1S/C17H17FO/c1-11(2)13-4-6-14(7-5-13)17(19)15-8-9-16(18)12(3)10-15/h4-11H,1-3H3. The third-order valence-corrected chi connectivity index (χ3v) is 3.26. The van der Waals surface area contributed by atoms with E-state index in [1.165, 1.54) is 17.7 Å². The summed E-state index contributed by atoms with van der Waals surface area (Å²) in [7, 11) is 0. The maximum Gasteiger partial charge on any atom is 0.193 e. The highest BCUT2D eigenvalue weighted by molar-refractivity contribution is 6.09. The summed E-state index contributed by atoms with van der Waals surface area (Å²) < 4.78 is 13.2. The summed E-state index contributed by atoms with van der Waals surface area (Å²) in [5.74, 6) is 0.0855. The number of aryl methyl sites for hydroxylation is 1. The van der Waals surface area contributed by atoms with Crippen LogP contribution < -0.4 is 0 Å². The van der Waals surface area contributed by atoms with Crippen LogP contribution in [0.5, 0.6) is 0 Å². The lowest BCUT2D eigenvalue weighted by atomic mass is 9.97. The van der Waals surface area contributed by atoms with Crippen molar-refractivity contribution in [1.82, 2.24) is 0 Å². The summed E-state index contributed by atoms with van der Waals surface area (Å²) in [6.45, 7) is 5.88. The molecule has 0 bridgehead atoms. The fourth-order valence-electron chi connectivity index (χ4n) is 1.97. The molecule has 0 aliphatic carbocycles. The predicted octanol–water partition coefficient (Wildman–Crippen LogP) is 4.49. The van der Waals surface area contributed by atoms with E-state index in [1.807, 2.05) is 24.3 Å². The highest BCUT2D eigenvalue weighted by Crippen LogP contribution is 2.18. The lowest BCUT2D eigenvalue weighted by molar-refractivity contribution is 0.103. The number of ketones is 1. The number of carbonyl (C=O) groups is 1. The Kier molecular flexibility index (Phi) is 3.79. The van der Waals surface area contributed by atoms with E-state index in [2.05, 4.69) is 13.8 Å². The van der Waals surface area contributed by atoms with Crippen LogP contribution in [0.15, 0.2) is 42.5 Å². The monoisotopic (exact) mass is 256 g/mol. The van der Waals surface area contributed by atoms with Crippen molar-refractivity contribution >= 4 is 5.78 Å². The minimum atomic E-state index is -0.285. The fourth-order valence-corrected chi connectivity index (χ4v) is 1.97. The average Bonchev–Trinajstić information content (AvgIpc) is 2.41. The van der Waals surface area contributed by atoms with E-state index in [1.54, 1.807) is 13.0 Å². The van der Waals surface area contributed by atoms with Crippen molar-refractivity contribution in [3.05, 3.63) is 70.5 Å². The Labute approximate surface area is 113 Å². The van der Waals surface area contributed by atoms with Gasteiger partial charge < -0.3 is 0 Å². The quantitative estimate of drug-likeness (QED) is 0.739. The molecule has 0 aromatic heterocycles. The zero-order valence-corrected chi connectivity index (χ0v) is 11.4. The molecule has 98 valence electrons. The van der Waals surface area contributed by atoms with Crippen molar-refractivity contribution in [2.24, 2.45) is 0 Å². The van der Waals surface area contributed by atoms with Gasteiger partial charge in [-0.1, -0.05) is 38.1 Å². The van der Waals surface area contributed by atoms with Crippen molar-refractivity contribution < 1.29 is 9.18 Å². The summed E-state index contributed by atoms with van der Waals surface area (Å²) in [6, 6.07) is 12.1. The van der Waals surface area contributed by atoms with E-state index < -0.39 is 0 Å². The molecule has 2 rings (SSSR count). The highest BCUT2D eigenvalue weighted by Gasteiger charge is 2.11. The molecule has 0 heterocycles. The predicted molar refractivity (Wildman–Crippen MR) is 75.1 cm³/mol. The van der Waals surface area contributed by atoms with Gasteiger partial charge in [-0.3, -0.25) is 4.79 Å². The molecule has 0 N–H and O–H groups in total. The molecule has 0 radical (unpaired) electrons. The van der Waals surface area contributed by atoms with Gasteiger partial charge in [0.05, 0.1) is 0 Å². The first-order valence-corrected chi connectivity index (χ1v) is 6.40. The fraction of sp³-hybridized carbons (Fsp3) is 0.235. The number of hydrogen-bond donors (Lipinski definition) is 0. The van der Waals surface area contributed by atoms with E-state index in [4.69, 9.17) is 0 Å². The third-order valence-electron chi connectivity index (χ3n) is 3.26. The number of benzene rings is 2. The first kappa shape index (κ1) is 13.5. The Hall–Kier alpha value is -1.96. The second kappa shape index (κ2) is 5.35. The van der Waals surface area contributed by atoms with Crippen LogP contribution in [-0.2, 0) is 0 Å². The third kappa shape index (κ3) is 2.90. The average molecular weight is 256 g/mol. The second-order valence-corrected chi connectivity index (χ2v) is 5.07. The normalized spacial score (nSPS) is 10.8. The van der Waals surface area contributed by atoms with Crippen LogP contribution in [0.4, 0.5) is 4.39 Å². The van der Waals surface area contributed by atoms with Crippen molar-refractivity contribution in [2.75, 3.05) is 0 Å². The summed E-state index contributed by atoms with van der Waals surface area (Å²) in [6.07, 6.45) is 0. The van der Waals surface area contributed by atoms with Crippen molar-refractivity contribution in [3.63, 3.8) is 0 Å². The van der Waals surface area contributed by atoms with E-state index in [-0.39, 0.29) is 11.6 Å². The van der Waals surface area contributed by atoms with Gasteiger partial charge >= 0.3 is 0 Å². The van der Waals surface area contributed by atoms with E-state index >= 15 is 0 Å². The molecular weight excluding hydrogens is 239 g/mol. The molecule has 0 aliphatic heterocycles. The van der Waals surface area contributed by atoms with Crippen LogP contribution in [-0.4, -0.2) is 5.78 Å². The highest BCUT2D eigenvalue weighted by atomic mass is 19.1. The molecule has 0 aliphatic rings. The minimum absolute atomic E-state index is 0.0709. The Morgan fingerprint density at radius 3 is 2.11 bits per heavy atom. The van der Waals surface area contributed by atoms with Crippen LogP contribution >= 0.6 is 0 Å². The van der Waals surface area contributed by atoms with Crippen molar-refractivity contribution in [3.8, 4) is 0 Å². The molecule has 19 heavy (non-hydrogen) atoms. The summed E-state index contributed by atoms with van der Waals surface area (Å²) >= 11 is 0. The lowest BCUT2D eigenvalue weighted by Gasteiger charge is -2.07. The van der Waals surface area contributed by atoms with Gasteiger partial charge in [0, 0.05) is 11.1 Å². The Balaban J connectivity index is 2.30. The SMILES string of the molecule is Cc1cc(C(=O)c2ccc(C(C)C)cc2)ccc1F. The second-order valence-electron chi connectivity index (χ2n) is 5.07. The molecule has 0 fully saturated rings. The molecule has 2 heteroatoms. The number of rotatable bonds is 3. The zero-order chi connectivity index (χ0) is 14.0. The molecule has 0 amide bonds. The molecule has 0 saturated heterocycles. The Morgan fingerprint density at radius 2 is 1.58 bits per heavy atom. The number of halogens is 1. The Morgan fingerprint density at radius 1 is 1.00 bits per heavy atom. The van der Waals surface area contributed by atoms with Crippen molar-refractivity contribution in [2.45, 2.75) is 26.7 Å². The molecule has 0 atom stereocenters. The first-order valence-electron chi connectivity index (χ1n) is 6.40. The van der Waals surface area contributed by atoms with Crippen molar-refractivity contribution in [1.29, 1.82) is 0 Å². The molecule has 0 unspecified atom stereocenters. The molecule has 2 aromatic rings. The number of hydrogen-bond acceptors (Lipinski definition) is 1. The molecule has 1 nitrogen and oxygen atoms in total. The van der Waals surface area contributed by atoms with Gasteiger partial charge in [-0.05, 0) is 42.2 Å². The maximum atomic E-state index is 13.2. The molecule has 0 spiro atoms. The lowest BCUT2D eigenvalue weighted by Crippen LogP contribution is -2.02. The van der Waals surface area contributed by atoms with Gasteiger partial charge in [0.1, 0.15) is 5.82 Å². The van der Waals surface area contributed by atoms with E-state index in [9.17, 15) is 9.18 Å². The smallest absolute Gasteiger partial charge is 0.193 e. The Bertz CT molecular complexity index is 597. The van der Waals surface area contributed by atoms with Crippen LogP contribution in [0.25, 0.3) is 0 Å². The summed E-state index contributed by atoms with van der Waals surface area (Å²) in [4.78, 5) is 12.3.